The summed E-state index contributed by atoms with van der Waals surface area (Å²) in [6.07, 6.45) is -0.630. The second-order valence-corrected chi connectivity index (χ2v) is 7.75. The Bertz CT molecular complexity index is 521. The molecule has 0 saturated heterocycles. The molecule has 0 aromatic carbocycles. The summed E-state index contributed by atoms with van der Waals surface area (Å²) in [5, 5.41) is 11.3. The molecule has 0 aliphatic rings. The molecule has 5 nitrogen and oxygen atoms in total. The number of amides is 1. The van der Waals surface area contributed by atoms with Crippen LogP contribution in [-0.2, 0) is 9.53 Å². The maximum Gasteiger partial charge on any atom is 0.411 e. The molecule has 1 unspecified atom stereocenters. The normalized spacial score (nSPS) is 13.1. The highest BCUT2D eigenvalue weighted by atomic mass is 79.9. The molecule has 1 rings (SSSR count). The number of carboxylic acid groups (broad SMARTS) is 1. The summed E-state index contributed by atoms with van der Waals surface area (Å²) in [5.74, 6) is -1.08. The average Bonchev–Trinajstić information content (AvgIpc) is 2.68. The first-order chi connectivity index (χ1) is 9.53. The maximum atomic E-state index is 12.4. The minimum absolute atomic E-state index is 0.304. The third-order valence-corrected chi connectivity index (χ3v) is 4.28. The molecule has 7 heteroatoms. The molecule has 0 fully saturated rings. The molecule has 1 atom stereocenters. The minimum Gasteiger partial charge on any atom is -0.479 e. The molecule has 118 valence electrons. The number of ether oxygens (including phenoxy) is 1. The van der Waals surface area contributed by atoms with Gasteiger partial charge in [-0.15, -0.1) is 11.3 Å². The number of aliphatic carboxylic acids is 1. The van der Waals surface area contributed by atoms with Crippen LogP contribution < -0.4 is 0 Å². The molecular weight excluding hydrogens is 358 g/mol. The molecule has 1 N–H and O–H groups in total. The van der Waals surface area contributed by atoms with Crippen molar-refractivity contribution < 1.29 is 19.4 Å². The molecule has 0 aliphatic heterocycles. The lowest BCUT2D eigenvalue weighted by molar-refractivity contribution is -0.144. The standard InChI is InChI=1S/C14H20BrNO4S/c1-8(2)16(13(19)20-14(3,4)5)11(12(17)18)10-6-9(15)7-21-10/h6-8,11H,1-5H3,(H,17,18). The topological polar surface area (TPSA) is 66.8 Å². The largest absolute Gasteiger partial charge is 0.479 e. The van der Waals surface area contributed by atoms with Crippen molar-refractivity contribution in [3.63, 3.8) is 0 Å². The number of halogens is 1. The van der Waals surface area contributed by atoms with E-state index in [1.807, 2.05) is 0 Å². The van der Waals surface area contributed by atoms with Crippen molar-refractivity contribution in [1.29, 1.82) is 0 Å². The highest BCUT2D eigenvalue weighted by Crippen LogP contribution is 2.32. The molecule has 0 bridgehead atoms. The van der Waals surface area contributed by atoms with E-state index in [0.29, 0.717) is 4.88 Å². The zero-order chi connectivity index (χ0) is 16.4. The number of thiophene rings is 1. The fourth-order valence-electron chi connectivity index (χ4n) is 1.78. The molecule has 0 saturated carbocycles. The number of hydrogen-bond acceptors (Lipinski definition) is 4. The van der Waals surface area contributed by atoms with E-state index >= 15 is 0 Å². The zero-order valence-corrected chi connectivity index (χ0v) is 15.1. The summed E-state index contributed by atoms with van der Waals surface area (Å²) in [5.41, 5.74) is -0.677. The van der Waals surface area contributed by atoms with E-state index in [1.165, 1.54) is 16.2 Å². The molecule has 1 aromatic rings. The first-order valence-electron chi connectivity index (χ1n) is 6.51. The average molecular weight is 378 g/mol. The Kier molecular flexibility index (Phi) is 5.81. The van der Waals surface area contributed by atoms with Crippen LogP contribution in [0.15, 0.2) is 15.9 Å². The third-order valence-electron chi connectivity index (χ3n) is 2.53. The van der Waals surface area contributed by atoms with Gasteiger partial charge < -0.3 is 9.84 Å². The van der Waals surface area contributed by atoms with Crippen LogP contribution in [0.5, 0.6) is 0 Å². The van der Waals surface area contributed by atoms with Gasteiger partial charge in [0.05, 0.1) is 0 Å². The van der Waals surface area contributed by atoms with Crippen LogP contribution in [0, 0.1) is 0 Å². The minimum atomic E-state index is -1.08. The van der Waals surface area contributed by atoms with Gasteiger partial charge in [-0.05, 0) is 56.6 Å². The molecule has 0 spiro atoms. The van der Waals surface area contributed by atoms with Gasteiger partial charge in [-0.2, -0.15) is 0 Å². The van der Waals surface area contributed by atoms with Gasteiger partial charge in [-0.3, -0.25) is 4.90 Å². The van der Waals surface area contributed by atoms with Crippen molar-refractivity contribution >= 4 is 39.3 Å². The van der Waals surface area contributed by atoms with E-state index in [4.69, 9.17) is 4.74 Å². The summed E-state index contributed by atoms with van der Waals surface area (Å²) in [7, 11) is 0. The van der Waals surface area contributed by atoms with E-state index < -0.39 is 23.7 Å². The van der Waals surface area contributed by atoms with Crippen molar-refractivity contribution in [3.05, 3.63) is 20.8 Å². The number of hydrogen-bond donors (Lipinski definition) is 1. The van der Waals surface area contributed by atoms with Crippen molar-refractivity contribution in [2.24, 2.45) is 0 Å². The van der Waals surface area contributed by atoms with Crippen LogP contribution in [0.25, 0.3) is 0 Å². The Morgan fingerprint density at radius 1 is 1.38 bits per heavy atom. The second kappa shape index (κ2) is 6.79. The van der Waals surface area contributed by atoms with Gasteiger partial charge in [0.2, 0.25) is 0 Å². The van der Waals surface area contributed by atoms with Crippen molar-refractivity contribution in [1.82, 2.24) is 4.90 Å². The summed E-state index contributed by atoms with van der Waals surface area (Å²) >= 11 is 4.59. The van der Waals surface area contributed by atoms with E-state index in [9.17, 15) is 14.7 Å². The van der Waals surface area contributed by atoms with Gasteiger partial charge in [-0.1, -0.05) is 0 Å². The fourth-order valence-corrected chi connectivity index (χ4v) is 3.31. The van der Waals surface area contributed by atoms with Crippen molar-refractivity contribution in [3.8, 4) is 0 Å². The fraction of sp³-hybridized carbons (Fsp3) is 0.571. The van der Waals surface area contributed by atoms with Crippen LogP contribution >= 0.6 is 27.3 Å². The van der Waals surface area contributed by atoms with Gasteiger partial charge in [0.25, 0.3) is 0 Å². The Morgan fingerprint density at radius 2 is 1.95 bits per heavy atom. The lowest BCUT2D eigenvalue weighted by atomic mass is 10.1. The van der Waals surface area contributed by atoms with E-state index in [-0.39, 0.29) is 6.04 Å². The molecule has 0 radical (unpaired) electrons. The van der Waals surface area contributed by atoms with Crippen LogP contribution in [0.1, 0.15) is 45.5 Å². The highest BCUT2D eigenvalue weighted by molar-refractivity contribution is 9.10. The summed E-state index contributed by atoms with van der Waals surface area (Å²) in [6.45, 7) is 8.79. The van der Waals surface area contributed by atoms with Crippen LogP contribution in [0.2, 0.25) is 0 Å². The van der Waals surface area contributed by atoms with Gasteiger partial charge in [0.1, 0.15) is 5.60 Å². The molecule has 21 heavy (non-hydrogen) atoms. The predicted octanol–water partition coefficient (Wildman–Crippen LogP) is 4.28. The molecule has 1 heterocycles. The van der Waals surface area contributed by atoms with E-state index in [2.05, 4.69) is 15.9 Å². The number of carboxylic acids is 1. The van der Waals surface area contributed by atoms with Crippen molar-refractivity contribution in [2.75, 3.05) is 0 Å². The lowest BCUT2D eigenvalue weighted by Crippen LogP contribution is -2.45. The smallest absolute Gasteiger partial charge is 0.411 e. The van der Waals surface area contributed by atoms with Crippen LogP contribution in [0.4, 0.5) is 4.79 Å². The Balaban J connectivity index is 3.16. The number of carbonyl (C=O) groups is 2. The van der Waals surface area contributed by atoms with Gasteiger partial charge >= 0.3 is 12.1 Å². The Morgan fingerprint density at radius 3 is 2.29 bits per heavy atom. The summed E-state index contributed by atoms with van der Waals surface area (Å²) in [4.78, 5) is 25.9. The molecular formula is C14H20BrNO4S. The molecule has 1 amide bonds. The van der Waals surface area contributed by atoms with Gasteiger partial charge in [0.15, 0.2) is 6.04 Å². The first-order valence-corrected chi connectivity index (χ1v) is 8.18. The number of nitrogens with zero attached hydrogens (tertiary/aromatic N) is 1. The second-order valence-electron chi connectivity index (χ2n) is 5.89. The Labute approximate surface area is 137 Å². The SMILES string of the molecule is CC(C)N(C(=O)OC(C)(C)C)C(C(=O)O)c1cc(Br)cs1. The zero-order valence-electron chi connectivity index (χ0n) is 12.7. The third kappa shape index (κ3) is 5.00. The monoisotopic (exact) mass is 377 g/mol. The van der Waals surface area contributed by atoms with E-state index in [0.717, 1.165) is 4.47 Å². The highest BCUT2D eigenvalue weighted by Gasteiger charge is 2.36. The maximum absolute atomic E-state index is 12.4. The lowest BCUT2D eigenvalue weighted by Gasteiger charge is -2.33. The van der Waals surface area contributed by atoms with Gasteiger partial charge in [0, 0.05) is 20.8 Å². The quantitative estimate of drug-likeness (QED) is 0.849. The van der Waals surface area contributed by atoms with Crippen LogP contribution in [0.3, 0.4) is 0 Å². The van der Waals surface area contributed by atoms with Gasteiger partial charge in [-0.25, -0.2) is 9.59 Å². The predicted molar refractivity (Wildman–Crippen MR) is 85.6 cm³/mol. The summed E-state index contributed by atoms with van der Waals surface area (Å²) < 4.78 is 6.13. The number of carbonyl (C=O) groups excluding carboxylic acids is 1. The first kappa shape index (κ1) is 18.0. The Hall–Kier alpha value is -1.08. The number of rotatable bonds is 4. The molecule has 1 aromatic heterocycles. The molecule has 0 aliphatic carbocycles. The van der Waals surface area contributed by atoms with Crippen molar-refractivity contribution in [2.45, 2.75) is 52.3 Å². The van der Waals surface area contributed by atoms with E-state index in [1.54, 1.807) is 46.1 Å². The van der Waals surface area contributed by atoms with Crippen LogP contribution in [-0.4, -0.2) is 33.7 Å². The summed E-state index contributed by atoms with van der Waals surface area (Å²) in [6, 6.07) is 0.349.